The number of hydrogen-bond donors (Lipinski definition) is 0. The van der Waals surface area contributed by atoms with Crippen LogP contribution in [0.2, 0.25) is 0 Å². The lowest BCUT2D eigenvalue weighted by molar-refractivity contribution is -0.132. The van der Waals surface area contributed by atoms with Crippen molar-refractivity contribution in [3.63, 3.8) is 0 Å². The van der Waals surface area contributed by atoms with Gasteiger partial charge in [0, 0.05) is 18.7 Å². The zero-order chi connectivity index (χ0) is 15.7. The molecule has 0 radical (unpaired) electrons. The summed E-state index contributed by atoms with van der Waals surface area (Å²) in [6, 6.07) is 4.75. The quantitative estimate of drug-likeness (QED) is 0.516. The van der Waals surface area contributed by atoms with Crippen LogP contribution in [0.15, 0.2) is 43.5 Å². The maximum atomic E-state index is 12.0. The monoisotopic (exact) mass is 289 g/mol. The normalized spacial score (nSPS) is 9.57. The number of methoxy groups -OCH3 is 1. The van der Waals surface area contributed by atoms with Gasteiger partial charge in [0.15, 0.2) is 18.1 Å². The van der Waals surface area contributed by atoms with Crippen LogP contribution in [0.5, 0.6) is 11.5 Å². The zero-order valence-electron chi connectivity index (χ0n) is 12.1. The van der Waals surface area contributed by atoms with Gasteiger partial charge in [-0.3, -0.25) is 9.59 Å². The molecule has 1 amide bonds. The summed E-state index contributed by atoms with van der Waals surface area (Å²) in [5, 5.41) is 0. The second kappa shape index (κ2) is 8.58. The molecule has 5 heteroatoms. The van der Waals surface area contributed by atoms with E-state index >= 15 is 0 Å². The Morgan fingerprint density at radius 2 is 1.90 bits per heavy atom. The van der Waals surface area contributed by atoms with E-state index in [9.17, 15) is 9.59 Å². The molecule has 112 valence electrons. The Kier molecular flexibility index (Phi) is 6.74. The first kappa shape index (κ1) is 16.5. The SMILES string of the molecule is C=CCN(CC=C)C(=O)COc1ccc(C=O)cc1OC. The van der Waals surface area contributed by atoms with Crippen molar-refractivity contribution in [2.45, 2.75) is 0 Å². The van der Waals surface area contributed by atoms with Crippen molar-refractivity contribution < 1.29 is 19.1 Å². The Balaban J connectivity index is 2.73. The predicted molar refractivity (Wildman–Crippen MR) is 80.9 cm³/mol. The van der Waals surface area contributed by atoms with Crippen molar-refractivity contribution in [3.05, 3.63) is 49.1 Å². The van der Waals surface area contributed by atoms with Crippen molar-refractivity contribution in [3.8, 4) is 11.5 Å². The number of benzene rings is 1. The largest absolute Gasteiger partial charge is 0.493 e. The second-order valence-electron chi connectivity index (χ2n) is 4.19. The summed E-state index contributed by atoms with van der Waals surface area (Å²) < 4.78 is 10.6. The lowest BCUT2D eigenvalue weighted by atomic mass is 10.2. The Bertz CT molecular complexity index is 515. The van der Waals surface area contributed by atoms with Crippen LogP contribution in [0.1, 0.15) is 10.4 Å². The zero-order valence-corrected chi connectivity index (χ0v) is 12.1. The fraction of sp³-hybridized carbons (Fsp3) is 0.250. The van der Waals surface area contributed by atoms with Gasteiger partial charge in [0.05, 0.1) is 7.11 Å². The number of amides is 1. The summed E-state index contributed by atoms with van der Waals surface area (Å²) in [4.78, 5) is 24.3. The van der Waals surface area contributed by atoms with Gasteiger partial charge >= 0.3 is 0 Å². The minimum Gasteiger partial charge on any atom is -0.493 e. The molecule has 0 aliphatic carbocycles. The van der Waals surface area contributed by atoms with Crippen molar-refractivity contribution in [2.75, 3.05) is 26.8 Å². The average molecular weight is 289 g/mol. The van der Waals surface area contributed by atoms with Crippen LogP contribution < -0.4 is 9.47 Å². The number of carbonyl (C=O) groups excluding carboxylic acids is 2. The predicted octanol–water partition coefficient (Wildman–Crippen LogP) is 2.09. The van der Waals surface area contributed by atoms with Gasteiger partial charge in [0.1, 0.15) is 6.29 Å². The lowest BCUT2D eigenvalue weighted by Gasteiger charge is -2.19. The van der Waals surface area contributed by atoms with Gasteiger partial charge in [0.2, 0.25) is 0 Å². The van der Waals surface area contributed by atoms with Crippen LogP contribution in [-0.4, -0.2) is 43.9 Å². The molecule has 0 unspecified atom stereocenters. The maximum Gasteiger partial charge on any atom is 0.261 e. The van der Waals surface area contributed by atoms with Gasteiger partial charge in [-0.25, -0.2) is 0 Å². The molecule has 0 aliphatic heterocycles. The second-order valence-corrected chi connectivity index (χ2v) is 4.19. The van der Waals surface area contributed by atoms with Gasteiger partial charge in [-0.15, -0.1) is 13.2 Å². The first-order chi connectivity index (χ1) is 10.2. The van der Waals surface area contributed by atoms with Crippen LogP contribution >= 0.6 is 0 Å². The topological polar surface area (TPSA) is 55.8 Å². The summed E-state index contributed by atoms with van der Waals surface area (Å²) in [5.74, 6) is 0.635. The molecule has 0 saturated heterocycles. The van der Waals surface area contributed by atoms with Crippen molar-refractivity contribution in [1.82, 2.24) is 4.90 Å². The summed E-state index contributed by atoms with van der Waals surface area (Å²) in [7, 11) is 1.47. The van der Waals surface area contributed by atoms with E-state index in [1.54, 1.807) is 35.3 Å². The fourth-order valence-electron chi connectivity index (χ4n) is 1.70. The van der Waals surface area contributed by atoms with Gasteiger partial charge in [-0.2, -0.15) is 0 Å². The smallest absolute Gasteiger partial charge is 0.261 e. The highest BCUT2D eigenvalue weighted by Gasteiger charge is 2.13. The van der Waals surface area contributed by atoms with Gasteiger partial charge in [-0.1, -0.05) is 12.2 Å². The van der Waals surface area contributed by atoms with Crippen LogP contribution in [0, 0.1) is 0 Å². The molecule has 1 aromatic carbocycles. The highest BCUT2D eigenvalue weighted by molar-refractivity contribution is 5.79. The van der Waals surface area contributed by atoms with Crippen LogP contribution in [0.3, 0.4) is 0 Å². The molecule has 0 bridgehead atoms. The molecule has 0 heterocycles. The molecule has 0 aliphatic rings. The minimum atomic E-state index is -0.184. The average Bonchev–Trinajstić information content (AvgIpc) is 2.52. The number of carbonyl (C=O) groups is 2. The Morgan fingerprint density at radius 3 is 2.43 bits per heavy atom. The van der Waals surface area contributed by atoms with Crippen LogP contribution in [0.25, 0.3) is 0 Å². The Morgan fingerprint density at radius 1 is 1.24 bits per heavy atom. The number of ether oxygens (including phenoxy) is 2. The Labute approximate surface area is 124 Å². The third-order valence-corrected chi connectivity index (χ3v) is 2.73. The standard InChI is InChI=1S/C16H19NO4/c1-4-8-17(9-5-2)16(19)12-21-14-7-6-13(11-18)10-15(14)20-3/h4-7,10-11H,1-2,8-9,12H2,3H3. The van der Waals surface area contributed by atoms with E-state index in [1.165, 1.54) is 7.11 Å². The number of hydrogen-bond acceptors (Lipinski definition) is 4. The van der Waals surface area contributed by atoms with Crippen molar-refractivity contribution in [2.24, 2.45) is 0 Å². The first-order valence-corrected chi connectivity index (χ1v) is 6.41. The van der Waals surface area contributed by atoms with E-state index in [-0.39, 0.29) is 12.5 Å². The molecule has 0 spiro atoms. The Hall–Kier alpha value is -2.56. The summed E-state index contributed by atoms with van der Waals surface area (Å²) in [6.45, 7) is 7.94. The molecule has 5 nitrogen and oxygen atoms in total. The molecule has 0 fully saturated rings. The third kappa shape index (κ3) is 4.80. The van der Waals surface area contributed by atoms with E-state index < -0.39 is 0 Å². The fourth-order valence-corrected chi connectivity index (χ4v) is 1.70. The van der Waals surface area contributed by atoms with Gasteiger partial charge in [0.25, 0.3) is 5.91 Å². The van der Waals surface area contributed by atoms with E-state index in [4.69, 9.17) is 9.47 Å². The third-order valence-electron chi connectivity index (χ3n) is 2.73. The number of aldehydes is 1. The van der Waals surface area contributed by atoms with E-state index in [0.29, 0.717) is 36.4 Å². The molecule has 1 aromatic rings. The molecule has 0 aromatic heterocycles. The molecule has 21 heavy (non-hydrogen) atoms. The molecular formula is C16H19NO4. The lowest BCUT2D eigenvalue weighted by Crippen LogP contribution is -2.35. The van der Waals surface area contributed by atoms with E-state index in [0.717, 1.165) is 0 Å². The van der Waals surface area contributed by atoms with Crippen LogP contribution in [-0.2, 0) is 4.79 Å². The van der Waals surface area contributed by atoms with Crippen molar-refractivity contribution >= 4 is 12.2 Å². The molecule has 0 saturated carbocycles. The minimum absolute atomic E-state index is 0.127. The molecule has 1 rings (SSSR count). The molecule has 0 atom stereocenters. The van der Waals surface area contributed by atoms with Crippen molar-refractivity contribution in [1.29, 1.82) is 0 Å². The highest BCUT2D eigenvalue weighted by atomic mass is 16.5. The summed E-state index contributed by atoms with van der Waals surface area (Å²) in [5.41, 5.74) is 0.477. The highest BCUT2D eigenvalue weighted by Crippen LogP contribution is 2.27. The molecule has 0 N–H and O–H groups in total. The summed E-state index contributed by atoms with van der Waals surface area (Å²) in [6.07, 6.45) is 4.00. The summed E-state index contributed by atoms with van der Waals surface area (Å²) >= 11 is 0. The first-order valence-electron chi connectivity index (χ1n) is 6.41. The van der Waals surface area contributed by atoms with E-state index in [1.807, 2.05) is 0 Å². The van der Waals surface area contributed by atoms with Crippen LogP contribution in [0.4, 0.5) is 0 Å². The maximum absolute atomic E-state index is 12.0. The van der Waals surface area contributed by atoms with E-state index in [2.05, 4.69) is 13.2 Å². The number of nitrogens with zero attached hydrogens (tertiary/aromatic N) is 1. The van der Waals surface area contributed by atoms with Gasteiger partial charge < -0.3 is 14.4 Å². The molecular weight excluding hydrogens is 270 g/mol. The van der Waals surface area contributed by atoms with Gasteiger partial charge in [-0.05, 0) is 18.2 Å². The number of rotatable bonds is 9.